The minimum absolute atomic E-state index is 0.697. The van der Waals surface area contributed by atoms with Crippen LogP contribution in [0.4, 0.5) is 16.5 Å². The van der Waals surface area contributed by atoms with E-state index in [2.05, 4.69) is 36.9 Å². The number of ether oxygens (including phenoxy) is 1. The molecule has 0 atom stereocenters. The van der Waals surface area contributed by atoms with E-state index in [4.69, 9.17) is 4.74 Å². The Kier molecular flexibility index (Phi) is 3.63. The van der Waals surface area contributed by atoms with Crippen LogP contribution in [0.5, 0.6) is 5.75 Å². The molecule has 0 unspecified atom stereocenters. The quantitative estimate of drug-likeness (QED) is 0.798. The number of hydrogen-bond acceptors (Lipinski definition) is 6. The second-order valence-electron chi connectivity index (χ2n) is 5.37. The van der Waals surface area contributed by atoms with Crippen LogP contribution in [0.15, 0.2) is 42.3 Å². The zero-order chi connectivity index (χ0) is 15.6. The fourth-order valence-electron chi connectivity index (χ4n) is 2.70. The van der Waals surface area contributed by atoms with Crippen LogP contribution in [0.25, 0.3) is 0 Å². The highest BCUT2D eigenvalue weighted by Gasteiger charge is 2.20. The summed E-state index contributed by atoms with van der Waals surface area (Å²) in [6.07, 6.45) is 5.40. The molecule has 0 spiro atoms. The fourth-order valence-corrected chi connectivity index (χ4v) is 3.33. The van der Waals surface area contributed by atoms with Gasteiger partial charge in [-0.1, -0.05) is 0 Å². The predicted molar refractivity (Wildman–Crippen MR) is 91.8 cm³/mol. The molecule has 7 heteroatoms. The van der Waals surface area contributed by atoms with Gasteiger partial charge in [-0.25, -0.2) is 9.97 Å². The smallest absolute Gasteiger partial charge is 0.189 e. The van der Waals surface area contributed by atoms with Crippen molar-refractivity contribution in [3.63, 3.8) is 0 Å². The van der Waals surface area contributed by atoms with Gasteiger partial charge in [-0.05, 0) is 18.2 Å². The molecule has 118 valence electrons. The van der Waals surface area contributed by atoms with Crippen LogP contribution in [-0.2, 0) is 6.54 Å². The molecule has 4 rings (SSSR count). The van der Waals surface area contributed by atoms with Crippen molar-refractivity contribution in [1.29, 1.82) is 0 Å². The number of aromatic nitrogens is 3. The van der Waals surface area contributed by atoms with Crippen LogP contribution in [0.3, 0.4) is 0 Å². The van der Waals surface area contributed by atoms with Gasteiger partial charge in [0.05, 0.1) is 30.8 Å². The Morgan fingerprint density at radius 1 is 1.43 bits per heavy atom. The Balaban J connectivity index is 1.65. The van der Waals surface area contributed by atoms with Crippen molar-refractivity contribution < 1.29 is 4.74 Å². The predicted octanol–water partition coefficient (Wildman–Crippen LogP) is 3.03. The number of nitrogens with zero attached hydrogens (tertiary/aromatic N) is 4. The van der Waals surface area contributed by atoms with Crippen molar-refractivity contribution in [1.82, 2.24) is 15.0 Å². The minimum Gasteiger partial charge on any atom is -0.490 e. The first kappa shape index (κ1) is 14.1. The summed E-state index contributed by atoms with van der Waals surface area (Å²) >= 11 is 1.62. The van der Waals surface area contributed by atoms with Crippen molar-refractivity contribution in [2.45, 2.75) is 6.54 Å². The average Bonchev–Trinajstić information content (AvgIpc) is 3.28. The molecule has 3 heterocycles. The Morgan fingerprint density at radius 3 is 3.17 bits per heavy atom. The molecule has 0 bridgehead atoms. The number of hydrogen-bond donors (Lipinski definition) is 1. The van der Waals surface area contributed by atoms with Gasteiger partial charge in [0.1, 0.15) is 12.4 Å². The third-order valence-corrected chi connectivity index (χ3v) is 4.76. The Morgan fingerprint density at radius 2 is 2.39 bits per heavy atom. The largest absolute Gasteiger partial charge is 0.490 e. The van der Waals surface area contributed by atoms with Gasteiger partial charge in [-0.3, -0.25) is 0 Å². The Bertz CT molecular complexity index is 772. The highest BCUT2D eigenvalue weighted by atomic mass is 32.1. The SMILES string of the molecule is CN(c1ccc2c(c1)N(Cc1cnc[nH]1)CCO2)c1nccs1. The number of fused-ring (bicyclic) bond motifs is 1. The van der Waals surface area contributed by atoms with Gasteiger partial charge in [0, 0.05) is 30.5 Å². The Hall–Kier alpha value is -2.54. The molecule has 0 fully saturated rings. The highest BCUT2D eigenvalue weighted by molar-refractivity contribution is 7.13. The molecule has 0 aliphatic carbocycles. The van der Waals surface area contributed by atoms with E-state index in [-0.39, 0.29) is 0 Å². The van der Waals surface area contributed by atoms with Crippen molar-refractivity contribution >= 4 is 27.8 Å². The molecule has 1 aliphatic rings. The molecule has 0 saturated heterocycles. The summed E-state index contributed by atoms with van der Waals surface area (Å²) in [4.78, 5) is 16.0. The van der Waals surface area contributed by atoms with Gasteiger partial charge in [0.15, 0.2) is 5.13 Å². The number of rotatable bonds is 4. The van der Waals surface area contributed by atoms with Gasteiger partial charge in [-0.15, -0.1) is 11.3 Å². The van der Waals surface area contributed by atoms with E-state index in [9.17, 15) is 0 Å². The highest BCUT2D eigenvalue weighted by Crippen LogP contribution is 2.37. The zero-order valence-electron chi connectivity index (χ0n) is 12.8. The first-order valence-electron chi connectivity index (χ1n) is 7.43. The number of thiazole rings is 1. The van der Waals surface area contributed by atoms with Crippen LogP contribution in [0, 0.1) is 0 Å². The molecule has 0 saturated carbocycles. The number of nitrogens with one attached hydrogen (secondary N) is 1. The summed E-state index contributed by atoms with van der Waals surface area (Å²) in [5, 5.41) is 2.96. The molecule has 1 aromatic carbocycles. The fraction of sp³-hybridized carbons (Fsp3) is 0.250. The number of aromatic amines is 1. The maximum atomic E-state index is 5.80. The minimum atomic E-state index is 0.697. The van der Waals surface area contributed by atoms with Crippen LogP contribution in [-0.4, -0.2) is 35.2 Å². The molecule has 3 aromatic rings. The van der Waals surface area contributed by atoms with E-state index in [1.807, 2.05) is 30.9 Å². The van der Waals surface area contributed by atoms with Crippen LogP contribution in [0.1, 0.15) is 5.69 Å². The monoisotopic (exact) mass is 327 g/mol. The van der Waals surface area contributed by atoms with Gasteiger partial charge in [0.2, 0.25) is 0 Å². The van der Waals surface area contributed by atoms with Crippen molar-refractivity contribution in [2.24, 2.45) is 0 Å². The summed E-state index contributed by atoms with van der Waals surface area (Å²) in [6.45, 7) is 2.35. The molecule has 1 N–H and O–H groups in total. The topological polar surface area (TPSA) is 57.3 Å². The van der Waals surface area contributed by atoms with Gasteiger partial charge >= 0.3 is 0 Å². The lowest BCUT2D eigenvalue weighted by atomic mass is 10.2. The van der Waals surface area contributed by atoms with Crippen molar-refractivity contribution in [2.75, 3.05) is 30.0 Å². The van der Waals surface area contributed by atoms with E-state index in [1.54, 1.807) is 17.7 Å². The summed E-state index contributed by atoms with van der Waals surface area (Å²) in [6, 6.07) is 6.26. The molecule has 0 amide bonds. The lowest BCUT2D eigenvalue weighted by Crippen LogP contribution is -2.32. The van der Waals surface area contributed by atoms with Crippen molar-refractivity contribution in [3.05, 3.63) is 48.0 Å². The molecular formula is C16H17N5OS. The summed E-state index contributed by atoms with van der Waals surface area (Å²) in [5.74, 6) is 0.923. The zero-order valence-corrected chi connectivity index (χ0v) is 13.6. The van der Waals surface area contributed by atoms with E-state index >= 15 is 0 Å². The third kappa shape index (κ3) is 2.75. The lowest BCUT2D eigenvalue weighted by molar-refractivity contribution is 0.307. The maximum absolute atomic E-state index is 5.80. The van der Waals surface area contributed by atoms with Crippen molar-refractivity contribution in [3.8, 4) is 5.75 Å². The second-order valence-corrected chi connectivity index (χ2v) is 6.25. The number of anilines is 3. The average molecular weight is 327 g/mol. The van der Waals surface area contributed by atoms with Gasteiger partial charge in [0.25, 0.3) is 0 Å². The van der Waals surface area contributed by atoms with E-state index in [0.29, 0.717) is 6.61 Å². The summed E-state index contributed by atoms with van der Waals surface area (Å²) in [7, 11) is 2.03. The van der Waals surface area contributed by atoms with Gasteiger partial charge < -0.3 is 19.5 Å². The van der Waals surface area contributed by atoms with Gasteiger partial charge in [-0.2, -0.15) is 0 Å². The molecular weight excluding hydrogens is 310 g/mol. The second kappa shape index (κ2) is 5.92. The summed E-state index contributed by atoms with van der Waals surface area (Å²) in [5.41, 5.74) is 3.29. The normalized spacial score (nSPS) is 13.5. The molecule has 1 aliphatic heterocycles. The molecule has 23 heavy (non-hydrogen) atoms. The molecule has 0 radical (unpaired) electrons. The standard InChI is InChI=1S/C16H17N5OS/c1-20(16-18-4-7-23-16)13-2-3-15-14(8-13)21(5-6-22-15)10-12-9-17-11-19-12/h2-4,7-9,11H,5-6,10H2,1H3,(H,17,19). The molecule has 2 aromatic heterocycles. The maximum Gasteiger partial charge on any atom is 0.189 e. The number of benzene rings is 1. The third-order valence-electron chi connectivity index (χ3n) is 3.91. The first-order valence-corrected chi connectivity index (χ1v) is 8.31. The summed E-state index contributed by atoms with van der Waals surface area (Å²) < 4.78 is 5.80. The lowest BCUT2D eigenvalue weighted by Gasteiger charge is -2.32. The van der Waals surface area contributed by atoms with Crippen LogP contribution < -0.4 is 14.5 Å². The first-order chi connectivity index (χ1) is 11.3. The van der Waals surface area contributed by atoms with Crippen LogP contribution >= 0.6 is 11.3 Å². The Labute approximate surface area is 138 Å². The van der Waals surface area contributed by atoms with E-state index in [0.717, 1.165) is 41.0 Å². The van der Waals surface area contributed by atoms with Crippen LogP contribution in [0.2, 0.25) is 0 Å². The van der Waals surface area contributed by atoms with E-state index in [1.165, 1.54) is 0 Å². The molecule has 6 nitrogen and oxygen atoms in total. The number of H-pyrrole nitrogens is 1. The van der Waals surface area contributed by atoms with E-state index < -0.39 is 0 Å². The number of imidazole rings is 1.